The summed E-state index contributed by atoms with van der Waals surface area (Å²) in [4.78, 5) is 5.02. The smallest absolute Gasteiger partial charge is 0.0800 e. The lowest BCUT2D eigenvalue weighted by atomic mass is 10.1. The molecule has 0 saturated heterocycles. The standard InChI is InChI=1S/2C9H10S/c1-5-9-6(2)7(3)10-8(9)4;1-5-9-7(3)6(2)8(4)10-9/h2*1H,2-4H3. The Kier molecular flexibility index (Phi) is 5.63. The first-order chi connectivity index (χ1) is 9.33. The Balaban J connectivity index is 0.000000200. The lowest BCUT2D eigenvalue weighted by Gasteiger charge is -1.88. The number of aryl methyl sites for hydroxylation is 3. The highest BCUT2D eigenvalue weighted by atomic mass is 32.1. The van der Waals surface area contributed by atoms with Crippen LogP contribution in [0.25, 0.3) is 0 Å². The van der Waals surface area contributed by atoms with Gasteiger partial charge >= 0.3 is 0 Å². The highest BCUT2D eigenvalue weighted by molar-refractivity contribution is 7.13. The molecule has 2 heterocycles. The highest BCUT2D eigenvalue weighted by Gasteiger charge is 2.05. The largest absolute Gasteiger partial charge is 0.144 e. The average molecular weight is 300 g/mol. The summed E-state index contributed by atoms with van der Waals surface area (Å²) in [6.45, 7) is 12.5. The topological polar surface area (TPSA) is 0 Å². The van der Waals surface area contributed by atoms with Crippen LogP contribution >= 0.6 is 22.7 Å². The lowest BCUT2D eigenvalue weighted by Crippen LogP contribution is -1.76. The van der Waals surface area contributed by atoms with Gasteiger partial charge in [-0.3, -0.25) is 0 Å². The Bertz CT molecular complexity index is 697. The van der Waals surface area contributed by atoms with E-state index in [0.29, 0.717) is 0 Å². The highest BCUT2D eigenvalue weighted by Crippen LogP contribution is 2.25. The predicted octanol–water partition coefficient (Wildman–Crippen LogP) is 5.31. The summed E-state index contributed by atoms with van der Waals surface area (Å²) in [5.41, 5.74) is 4.97. The van der Waals surface area contributed by atoms with Crippen molar-refractivity contribution in [2.45, 2.75) is 41.5 Å². The summed E-state index contributed by atoms with van der Waals surface area (Å²) in [5.74, 6) is 5.37. The molecule has 0 fully saturated rings. The summed E-state index contributed by atoms with van der Waals surface area (Å²) in [6, 6.07) is 0. The minimum absolute atomic E-state index is 1.08. The minimum atomic E-state index is 1.08. The molecule has 0 aliphatic rings. The van der Waals surface area contributed by atoms with E-state index < -0.39 is 0 Å². The number of hydrogen-bond acceptors (Lipinski definition) is 2. The maximum atomic E-state index is 5.32. The number of rotatable bonds is 0. The van der Waals surface area contributed by atoms with Crippen molar-refractivity contribution in [3.05, 3.63) is 41.8 Å². The quantitative estimate of drug-likeness (QED) is 0.578. The lowest BCUT2D eigenvalue weighted by molar-refractivity contribution is 1.34. The molecule has 2 rings (SSSR count). The summed E-state index contributed by atoms with van der Waals surface area (Å²) in [5, 5.41) is 0. The third-order valence-electron chi connectivity index (χ3n) is 3.52. The van der Waals surface area contributed by atoms with Crippen molar-refractivity contribution >= 4 is 22.7 Å². The maximum Gasteiger partial charge on any atom is 0.0800 e. The van der Waals surface area contributed by atoms with Gasteiger partial charge < -0.3 is 0 Å². The molecule has 20 heavy (non-hydrogen) atoms. The van der Waals surface area contributed by atoms with E-state index in [-0.39, 0.29) is 0 Å². The molecule has 0 N–H and O–H groups in total. The van der Waals surface area contributed by atoms with Crippen LogP contribution in [0.2, 0.25) is 0 Å². The molecule has 104 valence electrons. The van der Waals surface area contributed by atoms with Gasteiger partial charge in [0.15, 0.2) is 0 Å². The zero-order valence-corrected chi connectivity index (χ0v) is 14.6. The molecule has 2 heteroatoms. The molecule has 0 nitrogen and oxygen atoms in total. The summed E-state index contributed by atoms with van der Waals surface area (Å²) < 4.78 is 0. The van der Waals surface area contributed by atoms with E-state index >= 15 is 0 Å². The average Bonchev–Trinajstić information content (AvgIpc) is 2.81. The molecular weight excluding hydrogens is 280 g/mol. The number of hydrogen-bond donors (Lipinski definition) is 0. The van der Waals surface area contributed by atoms with Crippen molar-refractivity contribution in [2.75, 3.05) is 0 Å². The molecule has 0 atom stereocenters. The van der Waals surface area contributed by atoms with Crippen molar-refractivity contribution in [2.24, 2.45) is 0 Å². The van der Waals surface area contributed by atoms with Gasteiger partial charge in [0.2, 0.25) is 0 Å². The molecule has 2 aromatic rings. The summed E-state index contributed by atoms with van der Waals surface area (Å²) in [7, 11) is 0. The Hall–Kier alpha value is -1.48. The van der Waals surface area contributed by atoms with E-state index in [1.807, 2.05) is 0 Å². The SMILES string of the molecule is C#Cc1c(C)sc(C)c1C.C#Cc1sc(C)c(C)c1C. The van der Waals surface area contributed by atoms with Crippen LogP contribution in [0, 0.1) is 66.2 Å². The molecule has 2 aromatic heterocycles. The van der Waals surface area contributed by atoms with Gasteiger partial charge in [-0.15, -0.1) is 35.5 Å². The Labute approximate surface area is 130 Å². The molecule has 0 spiro atoms. The van der Waals surface area contributed by atoms with Crippen LogP contribution in [0.5, 0.6) is 0 Å². The van der Waals surface area contributed by atoms with Gasteiger partial charge in [-0.1, -0.05) is 11.8 Å². The normalized spacial score (nSPS) is 9.40. The van der Waals surface area contributed by atoms with Crippen LogP contribution in [0.1, 0.15) is 41.8 Å². The van der Waals surface area contributed by atoms with Crippen LogP contribution in [0.15, 0.2) is 0 Å². The van der Waals surface area contributed by atoms with Crippen molar-refractivity contribution < 1.29 is 0 Å². The molecule has 0 aliphatic heterocycles. The van der Waals surface area contributed by atoms with Gasteiger partial charge in [0.05, 0.1) is 4.88 Å². The molecule has 0 bridgehead atoms. The van der Waals surface area contributed by atoms with E-state index in [1.165, 1.54) is 31.3 Å². The van der Waals surface area contributed by atoms with E-state index in [4.69, 9.17) is 12.8 Å². The first-order valence-electron chi connectivity index (χ1n) is 6.39. The zero-order valence-electron chi connectivity index (χ0n) is 13.0. The van der Waals surface area contributed by atoms with E-state index in [2.05, 4.69) is 53.4 Å². The zero-order chi connectivity index (χ0) is 15.4. The van der Waals surface area contributed by atoms with Gasteiger partial charge in [0.1, 0.15) is 0 Å². The third kappa shape index (κ3) is 3.34. The summed E-state index contributed by atoms with van der Waals surface area (Å²) >= 11 is 3.48. The molecule has 0 unspecified atom stereocenters. The second-order valence-electron chi connectivity index (χ2n) is 4.74. The Morgan fingerprint density at radius 3 is 1.40 bits per heavy atom. The molecule has 0 saturated carbocycles. The van der Waals surface area contributed by atoms with Crippen LogP contribution in [-0.2, 0) is 0 Å². The van der Waals surface area contributed by atoms with Gasteiger partial charge in [0, 0.05) is 20.2 Å². The second kappa shape index (κ2) is 6.80. The Morgan fingerprint density at radius 2 is 1.20 bits per heavy atom. The monoisotopic (exact) mass is 300 g/mol. The van der Waals surface area contributed by atoms with E-state index in [9.17, 15) is 0 Å². The summed E-state index contributed by atoms with van der Waals surface area (Å²) in [6.07, 6.45) is 10.6. The predicted molar refractivity (Wildman–Crippen MR) is 92.9 cm³/mol. The molecule has 0 amide bonds. The first kappa shape index (κ1) is 16.6. The van der Waals surface area contributed by atoms with Crippen LogP contribution in [-0.4, -0.2) is 0 Å². The Morgan fingerprint density at radius 1 is 0.650 bits per heavy atom. The maximum absolute atomic E-state index is 5.32. The second-order valence-corrected chi connectivity index (χ2v) is 7.39. The van der Waals surface area contributed by atoms with E-state index in [0.717, 1.165) is 10.4 Å². The van der Waals surface area contributed by atoms with Gasteiger partial charge in [-0.2, -0.15) is 0 Å². The van der Waals surface area contributed by atoms with Crippen LogP contribution in [0.3, 0.4) is 0 Å². The van der Waals surface area contributed by atoms with Gasteiger partial charge in [-0.25, -0.2) is 0 Å². The molecule has 0 aromatic carbocycles. The van der Waals surface area contributed by atoms with Crippen LogP contribution < -0.4 is 0 Å². The van der Waals surface area contributed by atoms with Crippen LogP contribution in [0.4, 0.5) is 0 Å². The molecular formula is C18H20S2. The molecule has 0 radical (unpaired) electrons. The fourth-order valence-corrected chi connectivity index (χ4v) is 3.89. The third-order valence-corrected chi connectivity index (χ3v) is 5.89. The van der Waals surface area contributed by atoms with Gasteiger partial charge in [-0.05, 0) is 58.2 Å². The van der Waals surface area contributed by atoms with Crippen molar-refractivity contribution in [3.8, 4) is 24.7 Å². The number of terminal acetylenes is 2. The number of thiophene rings is 2. The fraction of sp³-hybridized carbons (Fsp3) is 0.333. The van der Waals surface area contributed by atoms with Crippen molar-refractivity contribution in [3.63, 3.8) is 0 Å². The van der Waals surface area contributed by atoms with E-state index in [1.54, 1.807) is 22.7 Å². The molecule has 0 aliphatic carbocycles. The first-order valence-corrected chi connectivity index (χ1v) is 8.03. The van der Waals surface area contributed by atoms with Gasteiger partial charge in [0.25, 0.3) is 0 Å². The fourth-order valence-electron chi connectivity index (χ4n) is 1.89. The minimum Gasteiger partial charge on any atom is -0.144 e. The van der Waals surface area contributed by atoms with Crippen molar-refractivity contribution in [1.29, 1.82) is 0 Å². The van der Waals surface area contributed by atoms with Crippen molar-refractivity contribution in [1.82, 2.24) is 0 Å².